The predicted octanol–water partition coefficient (Wildman–Crippen LogP) is 0.0434. The maximum atomic E-state index is 6.20. The van der Waals surface area contributed by atoms with Crippen molar-refractivity contribution in [1.82, 2.24) is 0 Å². The predicted molar refractivity (Wildman–Crippen MR) is 101 cm³/mol. The fourth-order valence-electron chi connectivity index (χ4n) is 3.63. The van der Waals surface area contributed by atoms with Crippen molar-refractivity contribution >= 4 is 0 Å². The molecule has 30 heavy (non-hydrogen) atoms. The van der Waals surface area contributed by atoms with Crippen molar-refractivity contribution < 1.29 is 57.9 Å². The van der Waals surface area contributed by atoms with Crippen LogP contribution in [0.5, 0.6) is 0 Å². The van der Waals surface area contributed by atoms with E-state index in [0.717, 1.165) is 19.4 Å². The zero-order chi connectivity index (χ0) is 21.9. The van der Waals surface area contributed by atoms with E-state index < -0.39 is 0 Å². The Bertz CT molecular complexity index is 536. The lowest BCUT2D eigenvalue weighted by Crippen LogP contribution is -2.70. The van der Waals surface area contributed by atoms with Crippen LogP contribution in [-0.4, -0.2) is 126 Å². The second-order valence-corrected chi connectivity index (χ2v) is 9.07. The third-order valence-corrected chi connectivity index (χ3v) is 4.71. The van der Waals surface area contributed by atoms with Crippen LogP contribution in [0.15, 0.2) is 0 Å². The molecule has 3 rings (SSSR count). The van der Waals surface area contributed by atoms with Crippen molar-refractivity contribution in [3.8, 4) is 0 Å². The van der Waals surface area contributed by atoms with Crippen molar-refractivity contribution in [2.75, 3.05) is 95.0 Å². The minimum atomic E-state index is -0.207. The van der Waals surface area contributed by atoms with Crippen LogP contribution < -0.4 is 0 Å². The fourth-order valence-corrected chi connectivity index (χ4v) is 3.63. The SMILES string of the molecule is C[N+]1(C)O[N+](C)(CCCOCC2CO2)O[N+](C)(C)O[N+](C)(CCCOC2COC2)O1. The minimum absolute atomic E-state index is 0.158. The molecule has 3 aliphatic heterocycles. The van der Waals surface area contributed by atoms with Crippen LogP contribution in [0, 0.1) is 0 Å². The number of nitrogens with zero attached hydrogens (tertiary/aromatic N) is 4. The summed E-state index contributed by atoms with van der Waals surface area (Å²) in [5, 5.41) is 0. The van der Waals surface area contributed by atoms with Gasteiger partial charge in [-0.15, -0.1) is 0 Å². The Morgan fingerprint density at radius 3 is 1.67 bits per heavy atom. The fraction of sp³-hybridized carbons (Fsp3) is 1.00. The quantitative estimate of drug-likeness (QED) is 0.253. The van der Waals surface area contributed by atoms with Gasteiger partial charge < -0.3 is 18.9 Å². The van der Waals surface area contributed by atoms with Gasteiger partial charge in [0.2, 0.25) is 0 Å². The van der Waals surface area contributed by atoms with Crippen LogP contribution in [0.2, 0.25) is 0 Å². The molecule has 3 aliphatic rings. The number of rotatable bonds is 11. The molecule has 0 radical (unpaired) electrons. The first-order valence-electron chi connectivity index (χ1n) is 10.6. The van der Waals surface area contributed by atoms with E-state index in [1.807, 2.05) is 14.1 Å². The van der Waals surface area contributed by atoms with Crippen LogP contribution >= 0.6 is 0 Å². The summed E-state index contributed by atoms with van der Waals surface area (Å²) in [6.07, 6.45) is 1.97. The molecule has 0 saturated carbocycles. The average Bonchev–Trinajstić information content (AvgIpc) is 3.33. The highest BCUT2D eigenvalue weighted by Crippen LogP contribution is 2.28. The monoisotopic (exact) mass is 440 g/mol. The molecule has 0 amide bonds. The molecule has 12 nitrogen and oxygen atoms in total. The molecule has 1 atom stereocenters. The topological polar surface area (TPSA) is 77.1 Å². The molecule has 176 valence electrons. The highest BCUT2D eigenvalue weighted by atomic mass is 17.4. The van der Waals surface area contributed by atoms with Gasteiger partial charge in [0, 0.05) is 12.8 Å². The summed E-state index contributed by atoms with van der Waals surface area (Å²) in [6, 6.07) is 0. The molecule has 0 aromatic rings. The van der Waals surface area contributed by atoms with Gasteiger partial charge in [0.25, 0.3) is 0 Å². The number of epoxide rings is 1. The Morgan fingerprint density at radius 2 is 1.23 bits per heavy atom. The van der Waals surface area contributed by atoms with Crippen molar-refractivity contribution in [3.05, 3.63) is 0 Å². The van der Waals surface area contributed by atoms with E-state index >= 15 is 0 Å². The number of hydrogen-bond donors (Lipinski definition) is 0. The Labute approximate surface area is 178 Å². The number of hydrogen-bond acceptors (Lipinski definition) is 8. The van der Waals surface area contributed by atoms with E-state index in [9.17, 15) is 0 Å². The number of quaternary nitrogens is 4. The number of ether oxygens (including phenoxy) is 4. The molecule has 12 heteroatoms. The normalized spacial score (nSPS) is 36.0. The van der Waals surface area contributed by atoms with Crippen molar-refractivity contribution in [3.63, 3.8) is 0 Å². The molecule has 3 fully saturated rings. The zero-order valence-corrected chi connectivity index (χ0v) is 19.3. The van der Waals surface area contributed by atoms with E-state index in [4.69, 9.17) is 38.7 Å². The third kappa shape index (κ3) is 7.89. The second-order valence-electron chi connectivity index (χ2n) is 9.07. The summed E-state index contributed by atoms with van der Waals surface area (Å²) >= 11 is 0. The molecule has 0 aromatic heterocycles. The Kier molecular flexibility index (Phi) is 7.71. The molecular weight excluding hydrogens is 400 g/mol. The molecule has 3 heterocycles. The standard InChI is InChI=1S/C18H40N4O8/c1-19(2)27-21(5,9-7-11-23-13-18-16-26-18)28-20(3,4)30-22(6,29-19)10-8-12-25-17-14-24-15-17/h17-18H,7-16H2,1-6H3/q+4. The van der Waals surface area contributed by atoms with Gasteiger partial charge in [-0.25, -0.2) is 0 Å². The van der Waals surface area contributed by atoms with E-state index in [-0.39, 0.29) is 31.4 Å². The molecule has 0 aromatic carbocycles. The lowest BCUT2D eigenvalue weighted by molar-refractivity contribution is -1.66. The first-order valence-corrected chi connectivity index (χ1v) is 10.6. The third-order valence-electron chi connectivity index (χ3n) is 4.71. The summed E-state index contributed by atoms with van der Waals surface area (Å²) < 4.78 is 21.7. The zero-order valence-electron chi connectivity index (χ0n) is 19.3. The van der Waals surface area contributed by atoms with E-state index in [1.165, 1.54) is 0 Å². The van der Waals surface area contributed by atoms with Crippen molar-refractivity contribution in [2.45, 2.75) is 25.0 Å². The molecule has 0 N–H and O–H groups in total. The van der Waals surface area contributed by atoms with Crippen LogP contribution in [0.3, 0.4) is 0 Å². The second kappa shape index (κ2) is 9.57. The van der Waals surface area contributed by atoms with Gasteiger partial charge in [-0.3, -0.25) is 0 Å². The Balaban J connectivity index is 1.51. The summed E-state index contributed by atoms with van der Waals surface area (Å²) in [5.74, 6) is 0. The summed E-state index contributed by atoms with van der Waals surface area (Å²) in [4.78, 5) is 24.1. The Morgan fingerprint density at radius 1 is 0.733 bits per heavy atom. The van der Waals surface area contributed by atoms with Gasteiger partial charge >= 0.3 is 0 Å². The van der Waals surface area contributed by atoms with Gasteiger partial charge in [-0.05, 0) is 0 Å². The molecular formula is C18H40N4O8+4. The first-order chi connectivity index (χ1) is 14.0. The van der Waals surface area contributed by atoms with Crippen molar-refractivity contribution in [1.29, 1.82) is 0 Å². The lowest BCUT2D eigenvalue weighted by atomic mass is 10.3. The van der Waals surface area contributed by atoms with Crippen LogP contribution in [0.1, 0.15) is 12.8 Å². The number of hydroxylamine groups is 16. The molecule has 0 bridgehead atoms. The van der Waals surface area contributed by atoms with Gasteiger partial charge in [0.05, 0.1) is 78.6 Å². The Hall–Kier alpha value is -0.480. The van der Waals surface area contributed by atoms with Crippen LogP contribution in [0.4, 0.5) is 0 Å². The molecule has 0 spiro atoms. The first kappa shape index (κ1) is 24.2. The van der Waals surface area contributed by atoms with Gasteiger partial charge in [-0.1, -0.05) is 0 Å². The smallest absolute Gasteiger partial charge is 0.156 e. The summed E-state index contributed by atoms with van der Waals surface area (Å²) in [7, 11) is 10.9. The average molecular weight is 441 g/mol. The molecule has 1 unspecified atom stereocenters. The molecule has 0 aliphatic carbocycles. The highest BCUT2D eigenvalue weighted by Gasteiger charge is 2.57. The van der Waals surface area contributed by atoms with Gasteiger partial charge in [-0.2, -0.15) is 0 Å². The van der Waals surface area contributed by atoms with Crippen molar-refractivity contribution in [2.24, 2.45) is 0 Å². The summed E-state index contributed by atoms with van der Waals surface area (Å²) in [6.45, 7) is 5.10. The van der Waals surface area contributed by atoms with Crippen LogP contribution in [-0.2, 0) is 38.7 Å². The van der Waals surface area contributed by atoms with Gasteiger partial charge in [0.15, 0.2) is 13.1 Å². The lowest BCUT2D eigenvalue weighted by Gasteiger charge is -2.39. The van der Waals surface area contributed by atoms with Gasteiger partial charge in [0.1, 0.15) is 54.5 Å². The molecule has 3 saturated heterocycles. The summed E-state index contributed by atoms with van der Waals surface area (Å²) in [5.41, 5.74) is 0. The maximum absolute atomic E-state index is 6.20. The van der Waals surface area contributed by atoms with E-state index in [2.05, 4.69) is 0 Å². The van der Waals surface area contributed by atoms with E-state index in [0.29, 0.717) is 46.1 Å². The highest BCUT2D eigenvalue weighted by molar-refractivity contribution is 4.66. The van der Waals surface area contributed by atoms with E-state index in [1.54, 1.807) is 28.2 Å². The minimum Gasteiger partial charge on any atom is -0.378 e. The largest absolute Gasteiger partial charge is 0.378 e. The van der Waals surface area contributed by atoms with Crippen LogP contribution in [0.25, 0.3) is 0 Å². The maximum Gasteiger partial charge on any atom is 0.156 e.